The highest BCUT2D eigenvalue weighted by Gasteiger charge is 1.99. The van der Waals surface area contributed by atoms with Crippen LogP contribution in [0.15, 0.2) is 66.8 Å². The van der Waals surface area contributed by atoms with Crippen LogP contribution in [0.3, 0.4) is 0 Å². The second-order valence-electron chi connectivity index (χ2n) is 4.82. The predicted molar refractivity (Wildman–Crippen MR) is 85.1 cm³/mol. The molecule has 0 atom stereocenters. The van der Waals surface area contributed by atoms with Crippen molar-refractivity contribution in [3.63, 3.8) is 0 Å². The SMILES string of the molecule is C/C=C\C=C(/C)c1ccc(-c2ccc(C)cc2)cc1. The van der Waals surface area contributed by atoms with Crippen LogP contribution in [-0.4, -0.2) is 0 Å². The molecule has 2 aromatic carbocycles. The molecule has 0 aliphatic carbocycles. The van der Waals surface area contributed by atoms with Crippen molar-refractivity contribution < 1.29 is 0 Å². The van der Waals surface area contributed by atoms with Crippen LogP contribution in [0, 0.1) is 6.92 Å². The van der Waals surface area contributed by atoms with Crippen molar-refractivity contribution in [2.75, 3.05) is 0 Å². The van der Waals surface area contributed by atoms with Crippen molar-refractivity contribution in [1.82, 2.24) is 0 Å². The molecule has 0 spiro atoms. The topological polar surface area (TPSA) is 0 Å². The summed E-state index contributed by atoms with van der Waals surface area (Å²) in [7, 11) is 0. The van der Waals surface area contributed by atoms with E-state index < -0.39 is 0 Å². The van der Waals surface area contributed by atoms with Gasteiger partial charge in [0, 0.05) is 0 Å². The van der Waals surface area contributed by atoms with Crippen LogP contribution in [0.4, 0.5) is 0 Å². The lowest BCUT2D eigenvalue weighted by atomic mass is 10.0. The second kappa shape index (κ2) is 6.19. The first-order valence-electron chi connectivity index (χ1n) is 6.68. The number of aryl methyl sites for hydroxylation is 1. The van der Waals surface area contributed by atoms with Crippen LogP contribution >= 0.6 is 0 Å². The molecule has 0 fully saturated rings. The Morgan fingerprint density at radius 1 is 0.842 bits per heavy atom. The normalized spacial score (nSPS) is 12.1. The van der Waals surface area contributed by atoms with Gasteiger partial charge in [0.05, 0.1) is 0 Å². The molecule has 0 aliphatic heterocycles. The van der Waals surface area contributed by atoms with Gasteiger partial charge in [0.2, 0.25) is 0 Å². The quantitative estimate of drug-likeness (QED) is 0.616. The van der Waals surface area contributed by atoms with Crippen molar-refractivity contribution in [2.45, 2.75) is 20.8 Å². The highest BCUT2D eigenvalue weighted by molar-refractivity contribution is 5.70. The fourth-order valence-corrected chi connectivity index (χ4v) is 2.01. The molecule has 19 heavy (non-hydrogen) atoms. The molecular formula is C19H20. The minimum Gasteiger partial charge on any atom is -0.0877 e. The van der Waals surface area contributed by atoms with Gasteiger partial charge in [0.1, 0.15) is 0 Å². The fraction of sp³-hybridized carbons (Fsp3) is 0.158. The summed E-state index contributed by atoms with van der Waals surface area (Å²) in [5, 5.41) is 0. The van der Waals surface area contributed by atoms with E-state index >= 15 is 0 Å². The van der Waals surface area contributed by atoms with E-state index in [9.17, 15) is 0 Å². The van der Waals surface area contributed by atoms with Gasteiger partial charge >= 0.3 is 0 Å². The molecule has 0 unspecified atom stereocenters. The molecule has 96 valence electrons. The smallest absolute Gasteiger partial charge is 0.0184 e. The fourth-order valence-electron chi connectivity index (χ4n) is 2.01. The van der Waals surface area contributed by atoms with Crippen molar-refractivity contribution in [3.8, 4) is 11.1 Å². The second-order valence-corrected chi connectivity index (χ2v) is 4.82. The molecule has 0 aromatic heterocycles. The highest BCUT2D eigenvalue weighted by atomic mass is 14.0. The first kappa shape index (κ1) is 13.4. The first-order valence-corrected chi connectivity index (χ1v) is 6.68. The average molecular weight is 248 g/mol. The van der Waals surface area contributed by atoms with Crippen molar-refractivity contribution in [3.05, 3.63) is 77.9 Å². The molecule has 2 rings (SSSR count). The van der Waals surface area contributed by atoms with Crippen LogP contribution in [0.1, 0.15) is 25.0 Å². The van der Waals surface area contributed by atoms with E-state index in [-0.39, 0.29) is 0 Å². The zero-order valence-corrected chi connectivity index (χ0v) is 11.9. The summed E-state index contributed by atoms with van der Waals surface area (Å²) < 4.78 is 0. The third kappa shape index (κ3) is 3.45. The summed E-state index contributed by atoms with van der Waals surface area (Å²) in [5.41, 5.74) is 6.39. The summed E-state index contributed by atoms with van der Waals surface area (Å²) in [6.45, 7) is 6.29. The Kier molecular flexibility index (Phi) is 4.35. The third-order valence-corrected chi connectivity index (χ3v) is 3.26. The van der Waals surface area contributed by atoms with Crippen LogP contribution in [-0.2, 0) is 0 Å². The molecule has 0 bridgehead atoms. The maximum Gasteiger partial charge on any atom is -0.0184 e. The van der Waals surface area contributed by atoms with Gasteiger partial charge in [0.15, 0.2) is 0 Å². The van der Waals surface area contributed by atoms with Gasteiger partial charge in [-0.2, -0.15) is 0 Å². The monoisotopic (exact) mass is 248 g/mol. The standard InChI is InChI=1S/C19H20/c1-4-5-6-16(3)17-11-13-19(14-12-17)18-9-7-15(2)8-10-18/h4-14H,1-3H3/b5-4-,16-6+. The highest BCUT2D eigenvalue weighted by Crippen LogP contribution is 2.22. The van der Waals surface area contributed by atoms with Crippen molar-refractivity contribution >= 4 is 5.57 Å². The molecule has 0 heterocycles. The van der Waals surface area contributed by atoms with E-state index in [1.54, 1.807) is 0 Å². The minimum atomic E-state index is 1.27. The van der Waals surface area contributed by atoms with E-state index in [1.165, 1.54) is 27.8 Å². The summed E-state index contributed by atoms with van der Waals surface area (Å²) in [6.07, 6.45) is 6.26. The van der Waals surface area contributed by atoms with E-state index in [0.29, 0.717) is 0 Å². The molecule has 0 N–H and O–H groups in total. The zero-order valence-electron chi connectivity index (χ0n) is 11.9. The molecule has 0 saturated heterocycles. The first-order chi connectivity index (χ1) is 9.20. The molecule has 0 nitrogen and oxygen atoms in total. The van der Waals surface area contributed by atoms with Gasteiger partial charge in [-0.1, -0.05) is 72.3 Å². The molecule has 0 amide bonds. The van der Waals surface area contributed by atoms with E-state index in [0.717, 1.165) is 0 Å². The summed E-state index contributed by atoms with van der Waals surface area (Å²) in [5.74, 6) is 0. The zero-order chi connectivity index (χ0) is 13.7. The largest absolute Gasteiger partial charge is 0.0877 e. The molecular weight excluding hydrogens is 228 g/mol. The molecule has 0 aliphatic rings. The maximum absolute atomic E-state index is 2.19. The van der Waals surface area contributed by atoms with Gasteiger partial charge < -0.3 is 0 Å². The summed E-state index contributed by atoms with van der Waals surface area (Å²) >= 11 is 0. The van der Waals surface area contributed by atoms with Crippen molar-refractivity contribution in [1.29, 1.82) is 0 Å². The van der Waals surface area contributed by atoms with Crippen LogP contribution in [0.25, 0.3) is 16.7 Å². The van der Waals surface area contributed by atoms with E-state index in [1.807, 2.05) is 13.0 Å². The van der Waals surface area contributed by atoms with Gasteiger partial charge in [-0.25, -0.2) is 0 Å². The van der Waals surface area contributed by atoms with Gasteiger partial charge in [-0.3, -0.25) is 0 Å². The predicted octanol–water partition coefficient (Wildman–Crippen LogP) is 5.64. The van der Waals surface area contributed by atoms with Crippen molar-refractivity contribution in [2.24, 2.45) is 0 Å². The lowest BCUT2D eigenvalue weighted by molar-refractivity contribution is 1.46. The Labute approximate surface area is 116 Å². The number of rotatable bonds is 3. The Morgan fingerprint density at radius 3 is 1.89 bits per heavy atom. The molecule has 0 saturated carbocycles. The molecule has 2 aromatic rings. The Bertz CT molecular complexity index is 581. The Balaban J connectivity index is 2.25. The number of allylic oxidation sites excluding steroid dienone is 4. The van der Waals surface area contributed by atoms with E-state index in [2.05, 4.69) is 74.5 Å². The molecule has 0 heteroatoms. The van der Waals surface area contributed by atoms with Gasteiger partial charge in [-0.15, -0.1) is 0 Å². The van der Waals surface area contributed by atoms with E-state index in [4.69, 9.17) is 0 Å². The number of benzene rings is 2. The van der Waals surface area contributed by atoms with Gasteiger partial charge in [0.25, 0.3) is 0 Å². The summed E-state index contributed by atoms with van der Waals surface area (Å²) in [6, 6.07) is 17.4. The van der Waals surface area contributed by atoms with Crippen LogP contribution in [0.5, 0.6) is 0 Å². The summed E-state index contributed by atoms with van der Waals surface area (Å²) in [4.78, 5) is 0. The number of hydrogen-bond acceptors (Lipinski definition) is 0. The third-order valence-electron chi connectivity index (χ3n) is 3.26. The average Bonchev–Trinajstić information content (AvgIpc) is 2.46. The Hall–Kier alpha value is -2.08. The van der Waals surface area contributed by atoms with Crippen LogP contribution < -0.4 is 0 Å². The van der Waals surface area contributed by atoms with Gasteiger partial charge in [-0.05, 0) is 43.0 Å². The minimum absolute atomic E-state index is 1.27. The number of hydrogen-bond donors (Lipinski definition) is 0. The molecule has 0 radical (unpaired) electrons. The lowest BCUT2D eigenvalue weighted by Crippen LogP contribution is -1.82. The van der Waals surface area contributed by atoms with Crippen LogP contribution in [0.2, 0.25) is 0 Å². The maximum atomic E-state index is 2.19. The Morgan fingerprint density at radius 2 is 1.37 bits per heavy atom. The lowest BCUT2D eigenvalue weighted by Gasteiger charge is -2.05.